The Morgan fingerprint density at radius 3 is 2.30 bits per heavy atom. The smallest absolute Gasteiger partial charge is 0.350 e. The molecule has 2 heterocycles. The molecule has 0 spiro atoms. The highest BCUT2D eigenvalue weighted by molar-refractivity contribution is 7.17. The van der Waals surface area contributed by atoms with Gasteiger partial charge in [0.05, 0.1) is 18.0 Å². The van der Waals surface area contributed by atoms with Gasteiger partial charge in [-0.3, -0.25) is 19.7 Å². The summed E-state index contributed by atoms with van der Waals surface area (Å²) in [5.41, 5.74) is 1.20. The highest BCUT2D eigenvalue weighted by atomic mass is 35.5. The first-order chi connectivity index (χ1) is 17.6. The lowest BCUT2D eigenvalue weighted by Crippen LogP contribution is -2.32. The van der Waals surface area contributed by atoms with Crippen molar-refractivity contribution in [1.82, 2.24) is 4.98 Å². The number of carbonyl (C=O) groups excluding carboxylic acids is 4. The number of aryl methyl sites for hydroxylation is 1. The summed E-state index contributed by atoms with van der Waals surface area (Å²) in [6.07, 6.45) is 0. The molecule has 0 radical (unpaired) electrons. The summed E-state index contributed by atoms with van der Waals surface area (Å²) in [6.45, 7) is 3.58. The van der Waals surface area contributed by atoms with Gasteiger partial charge < -0.3 is 10.1 Å². The molecule has 3 aromatic rings. The van der Waals surface area contributed by atoms with Crippen molar-refractivity contribution in [2.45, 2.75) is 13.8 Å². The minimum atomic E-state index is -0.732. The normalized spacial score (nSPS) is 13.3. The Morgan fingerprint density at radius 2 is 1.68 bits per heavy atom. The lowest BCUT2D eigenvalue weighted by molar-refractivity contribution is -0.120. The number of benzene rings is 2. The summed E-state index contributed by atoms with van der Waals surface area (Å²) in [4.78, 5) is 55.6. The molecule has 0 saturated carbocycles. The van der Waals surface area contributed by atoms with Crippen LogP contribution in [0.15, 0.2) is 53.2 Å². The quantitative estimate of drug-likeness (QED) is 0.275. The van der Waals surface area contributed by atoms with Crippen LogP contribution in [-0.4, -0.2) is 35.3 Å². The van der Waals surface area contributed by atoms with Crippen molar-refractivity contribution in [3.8, 4) is 0 Å². The fourth-order valence-corrected chi connectivity index (χ4v) is 4.95. The Bertz CT molecular complexity index is 1450. The van der Waals surface area contributed by atoms with Crippen LogP contribution in [-0.2, 0) is 14.3 Å². The fourth-order valence-electron chi connectivity index (χ4n) is 3.37. The Hall–Kier alpha value is -3.44. The number of hydrogen-bond acceptors (Lipinski definition) is 8. The predicted octanol–water partition coefficient (Wildman–Crippen LogP) is 5.62. The number of hydrogen-bond donors (Lipinski definition) is 2. The van der Waals surface area contributed by atoms with Crippen LogP contribution in [0.25, 0.3) is 0 Å². The molecule has 0 fully saturated rings. The van der Waals surface area contributed by atoms with E-state index in [1.165, 1.54) is 30.3 Å². The molecule has 0 unspecified atom stereocenters. The molecule has 190 valence electrons. The van der Waals surface area contributed by atoms with Gasteiger partial charge in [-0.05, 0) is 56.3 Å². The van der Waals surface area contributed by atoms with Crippen LogP contribution in [0.1, 0.15) is 32.6 Å². The first-order valence-electron chi connectivity index (χ1n) is 10.7. The standard InChI is InChI=1S/C24H17Cl3N4O5S/c1-3-36-23(35)19-11(2)28-24(37-19)30-20(32)12-4-6-15(7-5-12)29-18-17(27)21(33)31(22(18)34)16-9-13(25)8-14(26)10-16/h4-10,29H,3H2,1-2H3,(H,28,30,32). The van der Waals surface area contributed by atoms with Crippen molar-refractivity contribution in [2.24, 2.45) is 0 Å². The van der Waals surface area contributed by atoms with E-state index in [0.29, 0.717) is 21.8 Å². The van der Waals surface area contributed by atoms with Crippen LogP contribution in [0.4, 0.5) is 16.5 Å². The number of aromatic nitrogens is 1. The molecule has 3 amide bonds. The molecule has 4 rings (SSSR count). The monoisotopic (exact) mass is 578 g/mol. The van der Waals surface area contributed by atoms with E-state index >= 15 is 0 Å². The molecule has 0 bridgehead atoms. The number of nitrogens with zero attached hydrogens (tertiary/aromatic N) is 2. The molecule has 0 atom stereocenters. The number of ether oxygens (including phenoxy) is 1. The minimum Gasteiger partial charge on any atom is -0.462 e. The Labute approximate surface area is 230 Å². The molecule has 2 N–H and O–H groups in total. The van der Waals surface area contributed by atoms with Crippen molar-refractivity contribution in [3.63, 3.8) is 0 Å². The van der Waals surface area contributed by atoms with Gasteiger partial charge >= 0.3 is 5.97 Å². The van der Waals surface area contributed by atoms with Gasteiger partial charge in [-0.2, -0.15) is 0 Å². The van der Waals surface area contributed by atoms with E-state index in [2.05, 4.69) is 15.6 Å². The van der Waals surface area contributed by atoms with Crippen molar-refractivity contribution >= 4 is 86.3 Å². The van der Waals surface area contributed by atoms with E-state index in [1.54, 1.807) is 26.0 Å². The van der Waals surface area contributed by atoms with Crippen molar-refractivity contribution < 1.29 is 23.9 Å². The number of anilines is 3. The molecule has 1 aromatic heterocycles. The molecule has 1 aliphatic heterocycles. The summed E-state index contributed by atoms with van der Waals surface area (Å²) < 4.78 is 4.98. The van der Waals surface area contributed by atoms with Crippen molar-refractivity contribution in [1.29, 1.82) is 0 Å². The molecular weight excluding hydrogens is 563 g/mol. The number of halogens is 3. The van der Waals surface area contributed by atoms with Gasteiger partial charge in [0.25, 0.3) is 17.7 Å². The topological polar surface area (TPSA) is 118 Å². The van der Waals surface area contributed by atoms with E-state index in [0.717, 1.165) is 16.2 Å². The average Bonchev–Trinajstić information content (AvgIpc) is 3.30. The maximum absolute atomic E-state index is 13.0. The van der Waals surface area contributed by atoms with E-state index in [4.69, 9.17) is 39.5 Å². The number of thiazole rings is 1. The van der Waals surface area contributed by atoms with E-state index in [9.17, 15) is 19.2 Å². The van der Waals surface area contributed by atoms with Gasteiger partial charge in [-0.1, -0.05) is 46.1 Å². The zero-order valence-electron chi connectivity index (χ0n) is 19.2. The zero-order valence-corrected chi connectivity index (χ0v) is 22.3. The number of esters is 1. The highest BCUT2D eigenvalue weighted by Crippen LogP contribution is 2.33. The van der Waals surface area contributed by atoms with Crippen LogP contribution in [0.2, 0.25) is 10.0 Å². The first-order valence-corrected chi connectivity index (χ1v) is 12.6. The van der Waals surface area contributed by atoms with E-state index in [1.807, 2.05) is 0 Å². The molecular formula is C24H17Cl3N4O5S. The maximum atomic E-state index is 13.0. The van der Waals surface area contributed by atoms with Gasteiger partial charge in [0.15, 0.2) is 5.13 Å². The lowest BCUT2D eigenvalue weighted by Gasteiger charge is -2.16. The van der Waals surface area contributed by atoms with Gasteiger partial charge in [0.1, 0.15) is 15.6 Å². The fraction of sp³-hybridized carbons (Fsp3) is 0.125. The summed E-state index contributed by atoms with van der Waals surface area (Å²) in [5, 5.41) is 5.92. The van der Waals surface area contributed by atoms with Crippen LogP contribution in [0, 0.1) is 6.92 Å². The Balaban J connectivity index is 1.46. The predicted molar refractivity (Wildman–Crippen MR) is 143 cm³/mol. The second-order valence-electron chi connectivity index (χ2n) is 7.57. The minimum absolute atomic E-state index is 0.135. The summed E-state index contributed by atoms with van der Waals surface area (Å²) in [6, 6.07) is 10.4. The lowest BCUT2D eigenvalue weighted by atomic mass is 10.2. The molecule has 9 nitrogen and oxygen atoms in total. The maximum Gasteiger partial charge on any atom is 0.350 e. The second kappa shape index (κ2) is 10.9. The summed E-state index contributed by atoms with van der Waals surface area (Å²) >= 11 is 19.2. The molecule has 2 aromatic carbocycles. The number of rotatable bonds is 7. The van der Waals surface area contributed by atoms with Gasteiger partial charge in [-0.15, -0.1) is 0 Å². The van der Waals surface area contributed by atoms with Crippen LogP contribution in [0.3, 0.4) is 0 Å². The van der Waals surface area contributed by atoms with E-state index < -0.39 is 23.7 Å². The summed E-state index contributed by atoms with van der Waals surface area (Å²) in [7, 11) is 0. The molecule has 13 heteroatoms. The van der Waals surface area contributed by atoms with Gasteiger partial charge in [-0.25, -0.2) is 14.7 Å². The van der Waals surface area contributed by atoms with Crippen LogP contribution < -0.4 is 15.5 Å². The highest BCUT2D eigenvalue weighted by Gasteiger charge is 2.39. The van der Waals surface area contributed by atoms with Crippen molar-refractivity contribution in [3.05, 3.63) is 79.4 Å². The van der Waals surface area contributed by atoms with Crippen LogP contribution in [0.5, 0.6) is 0 Å². The third-order valence-corrected chi connectivity index (χ3v) is 6.87. The van der Waals surface area contributed by atoms with Crippen LogP contribution >= 0.6 is 46.1 Å². The number of imide groups is 1. The SMILES string of the molecule is CCOC(=O)c1sc(NC(=O)c2ccc(NC3=C(Cl)C(=O)N(c4cc(Cl)cc(Cl)c4)C3=O)cc2)nc1C. The third-order valence-electron chi connectivity index (χ3n) is 5.03. The number of nitrogens with one attached hydrogen (secondary N) is 2. The zero-order chi connectivity index (χ0) is 26.9. The first kappa shape index (κ1) is 26.6. The third kappa shape index (κ3) is 5.62. The van der Waals surface area contributed by atoms with Gasteiger partial charge in [0, 0.05) is 21.3 Å². The Morgan fingerprint density at radius 1 is 1.03 bits per heavy atom. The number of carbonyl (C=O) groups is 4. The molecule has 1 aliphatic rings. The Kier molecular flexibility index (Phi) is 7.84. The number of amides is 3. The average molecular weight is 580 g/mol. The largest absolute Gasteiger partial charge is 0.462 e. The molecule has 0 saturated heterocycles. The molecule has 37 heavy (non-hydrogen) atoms. The van der Waals surface area contributed by atoms with E-state index in [-0.39, 0.29) is 38.2 Å². The summed E-state index contributed by atoms with van der Waals surface area (Å²) in [5.74, 6) is -2.38. The molecule has 0 aliphatic carbocycles. The van der Waals surface area contributed by atoms with Crippen molar-refractivity contribution in [2.75, 3.05) is 22.1 Å². The van der Waals surface area contributed by atoms with Gasteiger partial charge in [0.2, 0.25) is 0 Å². The second-order valence-corrected chi connectivity index (χ2v) is 9.82.